The van der Waals surface area contributed by atoms with Gasteiger partial charge in [-0.25, -0.2) is 9.78 Å². The van der Waals surface area contributed by atoms with Crippen LogP contribution in [0.4, 0.5) is 0 Å². The molecule has 0 fully saturated rings. The molecule has 0 radical (unpaired) electrons. The highest BCUT2D eigenvalue weighted by Crippen LogP contribution is 2.26. The van der Waals surface area contributed by atoms with E-state index in [1.807, 2.05) is 13.0 Å². The number of ether oxygens (including phenoxy) is 1. The number of nitriles is 1. The molecule has 0 saturated carbocycles. The van der Waals surface area contributed by atoms with Crippen LogP contribution in [0.25, 0.3) is 11.3 Å². The fourth-order valence-corrected chi connectivity index (χ4v) is 2.06. The van der Waals surface area contributed by atoms with Gasteiger partial charge in [0, 0.05) is 12.0 Å². The van der Waals surface area contributed by atoms with Crippen molar-refractivity contribution in [1.82, 2.24) is 10.3 Å². The van der Waals surface area contributed by atoms with E-state index in [2.05, 4.69) is 10.3 Å². The Morgan fingerprint density at radius 1 is 1.33 bits per heavy atom. The highest BCUT2D eigenvalue weighted by Gasteiger charge is 2.22. The highest BCUT2D eigenvalue weighted by molar-refractivity contribution is 5.93. The van der Waals surface area contributed by atoms with Crippen molar-refractivity contribution in [2.45, 2.75) is 26.3 Å². The predicted molar refractivity (Wildman–Crippen MR) is 84.7 cm³/mol. The molecule has 0 aliphatic rings. The fraction of sp³-hybridized carbons (Fsp3) is 0.294. The molecule has 0 atom stereocenters. The first-order valence-corrected chi connectivity index (χ1v) is 7.44. The Balaban J connectivity index is 2.29. The van der Waals surface area contributed by atoms with Crippen LogP contribution in [-0.2, 0) is 16.1 Å². The number of nitrogens with zero attached hydrogens (tertiary/aromatic N) is 2. The van der Waals surface area contributed by atoms with E-state index in [9.17, 15) is 9.59 Å². The minimum atomic E-state index is -0.635. The first-order valence-electron chi connectivity index (χ1n) is 7.44. The molecule has 0 aliphatic carbocycles. The van der Waals surface area contributed by atoms with Crippen LogP contribution in [-0.4, -0.2) is 24.0 Å². The van der Waals surface area contributed by atoms with Crippen molar-refractivity contribution < 1.29 is 18.7 Å². The molecule has 2 rings (SSSR count). The van der Waals surface area contributed by atoms with Gasteiger partial charge in [0.25, 0.3) is 0 Å². The summed E-state index contributed by atoms with van der Waals surface area (Å²) in [4.78, 5) is 27.5. The molecule has 0 spiro atoms. The number of amides is 1. The maximum atomic E-state index is 11.9. The maximum Gasteiger partial charge on any atom is 0.360 e. The summed E-state index contributed by atoms with van der Waals surface area (Å²) in [6.07, 6.45) is 1.15. The topological polar surface area (TPSA) is 105 Å². The third kappa shape index (κ3) is 3.98. The van der Waals surface area contributed by atoms with Crippen molar-refractivity contribution in [3.05, 3.63) is 41.4 Å². The van der Waals surface area contributed by atoms with Crippen LogP contribution < -0.4 is 5.32 Å². The van der Waals surface area contributed by atoms with Crippen LogP contribution in [0, 0.1) is 11.3 Å². The number of carbonyl (C=O) groups excluding carboxylic acids is 2. The molecule has 0 unspecified atom stereocenters. The average Bonchev–Trinajstić information content (AvgIpc) is 3.04. The summed E-state index contributed by atoms with van der Waals surface area (Å²) >= 11 is 0. The zero-order valence-electron chi connectivity index (χ0n) is 13.5. The summed E-state index contributed by atoms with van der Waals surface area (Å²) in [7, 11) is 1.25. The number of aromatic nitrogens is 1. The van der Waals surface area contributed by atoms with Crippen molar-refractivity contribution in [3.63, 3.8) is 0 Å². The highest BCUT2D eigenvalue weighted by atomic mass is 16.5. The summed E-state index contributed by atoms with van der Waals surface area (Å²) in [5.74, 6) is -0.301. The third-order valence-electron chi connectivity index (χ3n) is 3.24. The molecule has 24 heavy (non-hydrogen) atoms. The molecule has 0 saturated heterocycles. The van der Waals surface area contributed by atoms with Crippen molar-refractivity contribution in [2.75, 3.05) is 7.11 Å². The predicted octanol–water partition coefficient (Wildman–Crippen LogP) is 2.42. The smallest absolute Gasteiger partial charge is 0.360 e. The largest absolute Gasteiger partial charge is 0.464 e. The lowest BCUT2D eigenvalue weighted by molar-refractivity contribution is -0.121. The number of nitrogens with one attached hydrogen (secondary N) is 1. The van der Waals surface area contributed by atoms with Gasteiger partial charge >= 0.3 is 5.97 Å². The van der Waals surface area contributed by atoms with Gasteiger partial charge in [-0.1, -0.05) is 6.92 Å². The second-order valence-electron chi connectivity index (χ2n) is 4.99. The first kappa shape index (κ1) is 17.2. The Morgan fingerprint density at radius 2 is 2.04 bits per heavy atom. The molecule has 1 N–H and O–H groups in total. The molecule has 7 nitrogen and oxygen atoms in total. The number of benzene rings is 1. The summed E-state index contributed by atoms with van der Waals surface area (Å²) in [5, 5.41) is 11.5. The van der Waals surface area contributed by atoms with Crippen LogP contribution in [0.2, 0.25) is 0 Å². The molecular weight excluding hydrogens is 310 g/mol. The lowest BCUT2D eigenvalue weighted by Gasteiger charge is -2.00. The minimum absolute atomic E-state index is 0.0296. The Bertz CT molecular complexity index is 772. The van der Waals surface area contributed by atoms with E-state index in [1.54, 1.807) is 24.3 Å². The maximum absolute atomic E-state index is 11.9. The van der Waals surface area contributed by atoms with Crippen molar-refractivity contribution in [3.8, 4) is 17.4 Å². The van der Waals surface area contributed by atoms with Gasteiger partial charge in [0.05, 0.1) is 25.3 Å². The summed E-state index contributed by atoms with van der Waals surface area (Å²) in [6.45, 7) is 1.99. The summed E-state index contributed by atoms with van der Waals surface area (Å²) in [6, 6.07) is 8.56. The van der Waals surface area contributed by atoms with Crippen molar-refractivity contribution in [2.24, 2.45) is 0 Å². The number of hydrogen-bond acceptors (Lipinski definition) is 6. The number of oxazole rings is 1. The van der Waals surface area contributed by atoms with Crippen molar-refractivity contribution in [1.29, 1.82) is 5.26 Å². The normalized spacial score (nSPS) is 10.0. The molecule has 1 aromatic carbocycles. The Morgan fingerprint density at radius 3 is 2.62 bits per heavy atom. The Labute approximate surface area is 139 Å². The van der Waals surface area contributed by atoms with Gasteiger partial charge in [-0.05, 0) is 30.7 Å². The molecule has 2 aromatic rings. The van der Waals surface area contributed by atoms with Gasteiger partial charge in [-0.15, -0.1) is 0 Å². The number of esters is 1. The molecular formula is C17H17N3O4. The third-order valence-corrected chi connectivity index (χ3v) is 3.24. The molecule has 1 aromatic heterocycles. The number of rotatable bonds is 6. The Hall–Kier alpha value is -3.14. The van der Waals surface area contributed by atoms with E-state index in [-0.39, 0.29) is 29.8 Å². The van der Waals surface area contributed by atoms with Gasteiger partial charge in [0.1, 0.15) is 0 Å². The lowest BCUT2D eigenvalue weighted by atomic mass is 10.1. The second kappa shape index (κ2) is 7.92. The lowest BCUT2D eigenvalue weighted by Crippen LogP contribution is -2.22. The quantitative estimate of drug-likeness (QED) is 0.817. The molecule has 1 heterocycles. The van der Waals surface area contributed by atoms with Crippen LogP contribution in [0.5, 0.6) is 0 Å². The second-order valence-corrected chi connectivity index (χ2v) is 4.99. The number of hydrogen-bond donors (Lipinski definition) is 1. The van der Waals surface area contributed by atoms with E-state index in [0.717, 1.165) is 6.42 Å². The number of methoxy groups -OCH3 is 1. The molecule has 7 heteroatoms. The van der Waals surface area contributed by atoms with Crippen molar-refractivity contribution >= 4 is 11.9 Å². The van der Waals surface area contributed by atoms with E-state index >= 15 is 0 Å². The molecule has 0 bridgehead atoms. The van der Waals surface area contributed by atoms with E-state index in [0.29, 0.717) is 17.5 Å². The number of carbonyl (C=O) groups is 2. The molecule has 0 aliphatic heterocycles. The van der Waals surface area contributed by atoms with Crippen LogP contribution in [0.15, 0.2) is 28.7 Å². The van der Waals surface area contributed by atoms with Gasteiger partial charge in [-0.3, -0.25) is 4.79 Å². The van der Waals surface area contributed by atoms with Crippen LogP contribution >= 0.6 is 0 Å². The van der Waals surface area contributed by atoms with Crippen LogP contribution in [0.3, 0.4) is 0 Å². The molecule has 124 valence electrons. The van der Waals surface area contributed by atoms with Gasteiger partial charge in [-0.2, -0.15) is 5.26 Å². The zero-order valence-corrected chi connectivity index (χ0v) is 13.5. The van der Waals surface area contributed by atoms with E-state index in [4.69, 9.17) is 14.4 Å². The summed E-state index contributed by atoms with van der Waals surface area (Å²) in [5.41, 5.74) is 1.11. The van der Waals surface area contributed by atoms with E-state index in [1.165, 1.54) is 7.11 Å². The average molecular weight is 327 g/mol. The Kier molecular flexibility index (Phi) is 5.68. The van der Waals surface area contributed by atoms with E-state index < -0.39 is 5.97 Å². The van der Waals surface area contributed by atoms with Gasteiger partial charge in [0.2, 0.25) is 11.8 Å². The van der Waals surface area contributed by atoms with Gasteiger partial charge in [0.15, 0.2) is 11.5 Å². The SMILES string of the molecule is CCCC(=O)NCc1nc(C(=O)OC)c(-c2ccc(C#N)cc2)o1. The standard InChI is InChI=1S/C17H17N3O4/c1-3-4-13(21)19-10-14-20-15(17(22)23-2)16(24-14)12-7-5-11(9-18)6-8-12/h5-8H,3-4,10H2,1-2H3,(H,19,21). The van der Waals surface area contributed by atoms with Crippen LogP contribution in [0.1, 0.15) is 41.7 Å². The first-order chi connectivity index (χ1) is 11.6. The zero-order chi connectivity index (χ0) is 17.5. The minimum Gasteiger partial charge on any atom is -0.464 e. The molecule has 1 amide bonds. The fourth-order valence-electron chi connectivity index (χ4n) is 2.06. The summed E-state index contributed by atoms with van der Waals surface area (Å²) < 4.78 is 10.3. The monoisotopic (exact) mass is 327 g/mol. The van der Waals surface area contributed by atoms with Gasteiger partial charge < -0.3 is 14.5 Å².